The Morgan fingerprint density at radius 2 is 2.29 bits per heavy atom. The van der Waals surface area contributed by atoms with Gasteiger partial charge in [-0.25, -0.2) is 13.2 Å². The minimum absolute atomic E-state index is 0.0482. The summed E-state index contributed by atoms with van der Waals surface area (Å²) in [5.74, 6) is 0.997. The van der Waals surface area contributed by atoms with Crippen molar-refractivity contribution in [2.45, 2.75) is 32.7 Å². The molecule has 0 aromatic carbocycles. The smallest absolute Gasteiger partial charge is 0.318 e. The van der Waals surface area contributed by atoms with Crippen LogP contribution in [0.1, 0.15) is 37.5 Å². The van der Waals surface area contributed by atoms with Crippen molar-refractivity contribution in [2.24, 2.45) is 0 Å². The minimum Gasteiger partial charge on any atom is -0.337 e. The molecule has 0 aliphatic carbocycles. The van der Waals surface area contributed by atoms with Crippen molar-refractivity contribution in [3.63, 3.8) is 0 Å². The van der Waals surface area contributed by atoms with Gasteiger partial charge in [-0.05, 0) is 19.8 Å². The number of aromatic nitrogens is 2. The van der Waals surface area contributed by atoms with Gasteiger partial charge in [0.05, 0.1) is 5.75 Å². The van der Waals surface area contributed by atoms with Crippen molar-refractivity contribution in [1.82, 2.24) is 20.4 Å². The molecule has 0 bridgehead atoms. The van der Waals surface area contributed by atoms with E-state index in [-0.39, 0.29) is 30.1 Å². The van der Waals surface area contributed by atoms with Crippen LogP contribution in [-0.2, 0) is 9.84 Å². The van der Waals surface area contributed by atoms with Crippen molar-refractivity contribution >= 4 is 15.9 Å². The van der Waals surface area contributed by atoms with Gasteiger partial charge in [0.1, 0.15) is 6.04 Å². The molecule has 21 heavy (non-hydrogen) atoms. The van der Waals surface area contributed by atoms with Crippen LogP contribution in [0.3, 0.4) is 0 Å². The fourth-order valence-electron chi connectivity index (χ4n) is 2.27. The van der Waals surface area contributed by atoms with Crippen LogP contribution in [0.4, 0.5) is 4.79 Å². The Bertz CT molecular complexity index is 598. The Morgan fingerprint density at radius 1 is 1.52 bits per heavy atom. The lowest BCUT2D eigenvalue weighted by Gasteiger charge is -2.22. The molecule has 8 nitrogen and oxygen atoms in total. The van der Waals surface area contributed by atoms with Crippen LogP contribution in [0, 0.1) is 6.92 Å². The van der Waals surface area contributed by atoms with Crippen LogP contribution in [0.2, 0.25) is 0 Å². The molecule has 9 heteroatoms. The maximum absolute atomic E-state index is 12.1. The Kier molecular flexibility index (Phi) is 4.81. The largest absolute Gasteiger partial charge is 0.337 e. The number of carbonyl (C=O) groups excluding carboxylic acids is 1. The number of likely N-dealkylation sites (tertiary alicyclic amines) is 1. The van der Waals surface area contributed by atoms with Gasteiger partial charge in [-0.3, -0.25) is 0 Å². The summed E-state index contributed by atoms with van der Waals surface area (Å²) in [5.41, 5.74) is 0. The van der Waals surface area contributed by atoms with E-state index in [1.165, 1.54) is 0 Å². The fraction of sp³-hybridized carbons (Fsp3) is 0.750. The summed E-state index contributed by atoms with van der Waals surface area (Å²) in [6, 6.07) is -0.520. The van der Waals surface area contributed by atoms with Crippen LogP contribution in [-0.4, -0.2) is 54.1 Å². The van der Waals surface area contributed by atoms with Crippen molar-refractivity contribution in [3.8, 4) is 0 Å². The molecule has 1 fully saturated rings. The first-order valence-corrected chi connectivity index (χ1v) is 8.80. The van der Waals surface area contributed by atoms with Crippen molar-refractivity contribution in [2.75, 3.05) is 24.6 Å². The lowest BCUT2D eigenvalue weighted by atomic mass is 10.2. The number of sulfone groups is 1. The zero-order valence-corrected chi connectivity index (χ0v) is 13.0. The number of hydrogen-bond acceptors (Lipinski definition) is 6. The Labute approximate surface area is 123 Å². The molecule has 1 N–H and O–H groups in total. The molecule has 0 radical (unpaired) electrons. The third-order valence-corrected chi connectivity index (χ3v) is 5.18. The number of carbonyl (C=O) groups is 1. The summed E-state index contributed by atoms with van der Waals surface area (Å²) in [6.45, 7) is 4.02. The van der Waals surface area contributed by atoms with E-state index < -0.39 is 9.84 Å². The summed E-state index contributed by atoms with van der Waals surface area (Å²) >= 11 is 0. The molecular formula is C12H20N4O4S. The molecule has 118 valence electrons. The molecule has 0 unspecified atom stereocenters. The summed E-state index contributed by atoms with van der Waals surface area (Å²) in [6.07, 6.45) is 1.62. The number of urea groups is 1. The van der Waals surface area contributed by atoms with Crippen molar-refractivity contribution in [1.29, 1.82) is 0 Å². The third kappa shape index (κ3) is 3.93. The Balaban J connectivity index is 1.92. The fourth-order valence-corrected chi connectivity index (χ4v) is 2.98. The van der Waals surface area contributed by atoms with Gasteiger partial charge in [0.2, 0.25) is 5.89 Å². The monoisotopic (exact) mass is 316 g/mol. The molecule has 1 aromatic rings. The van der Waals surface area contributed by atoms with Gasteiger partial charge < -0.3 is 14.7 Å². The lowest BCUT2D eigenvalue weighted by Crippen LogP contribution is -2.41. The van der Waals surface area contributed by atoms with Crippen molar-refractivity contribution in [3.05, 3.63) is 11.7 Å². The van der Waals surface area contributed by atoms with Gasteiger partial charge in [-0.2, -0.15) is 4.98 Å². The molecule has 1 aromatic heterocycles. The van der Waals surface area contributed by atoms with E-state index in [9.17, 15) is 13.2 Å². The number of rotatable bonds is 5. The second kappa shape index (κ2) is 6.42. The van der Waals surface area contributed by atoms with E-state index in [1.807, 2.05) is 0 Å². The van der Waals surface area contributed by atoms with E-state index in [0.717, 1.165) is 12.8 Å². The van der Waals surface area contributed by atoms with Gasteiger partial charge in [0.25, 0.3) is 0 Å². The second-order valence-corrected chi connectivity index (χ2v) is 7.47. The summed E-state index contributed by atoms with van der Waals surface area (Å²) < 4.78 is 27.9. The maximum Gasteiger partial charge on any atom is 0.318 e. The first kappa shape index (κ1) is 15.7. The van der Waals surface area contributed by atoms with E-state index in [0.29, 0.717) is 18.3 Å². The van der Waals surface area contributed by atoms with Gasteiger partial charge in [-0.15, -0.1) is 0 Å². The van der Waals surface area contributed by atoms with E-state index in [2.05, 4.69) is 15.5 Å². The quantitative estimate of drug-likeness (QED) is 0.855. The molecule has 2 heterocycles. The van der Waals surface area contributed by atoms with Crippen LogP contribution in [0.5, 0.6) is 0 Å². The first-order chi connectivity index (χ1) is 9.93. The maximum atomic E-state index is 12.1. The number of aryl methyl sites for hydroxylation is 1. The molecule has 0 spiro atoms. The molecule has 0 saturated carbocycles. The first-order valence-electron chi connectivity index (χ1n) is 6.98. The lowest BCUT2D eigenvalue weighted by molar-refractivity contribution is 0.181. The van der Waals surface area contributed by atoms with Gasteiger partial charge in [0.15, 0.2) is 15.7 Å². The third-order valence-electron chi connectivity index (χ3n) is 3.47. The number of nitrogens with zero attached hydrogens (tertiary/aromatic N) is 3. The topological polar surface area (TPSA) is 105 Å². The molecule has 1 atom stereocenters. The van der Waals surface area contributed by atoms with Gasteiger partial charge in [-0.1, -0.05) is 12.1 Å². The highest BCUT2D eigenvalue weighted by Crippen LogP contribution is 2.30. The predicted octanol–water partition coefficient (Wildman–Crippen LogP) is 0.659. The average molecular weight is 316 g/mol. The zero-order chi connectivity index (χ0) is 15.5. The van der Waals surface area contributed by atoms with E-state index >= 15 is 0 Å². The van der Waals surface area contributed by atoms with Gasteiger partial charge >= 0.3 is 6.03 Å². The average Bonchev–Trinajstić information content (AvgIpc) is 3.06. The van der Waals surface area contributed by atoms with Gasteiger partial charge in [0, 0.05) is 18.8 Å². The zero-order valence-electron chi connectivity index (χ0n) is 12.2. The SMILES string of the molecule is CCS(=O)(=O)CCNC(=O)N1CCC[C@H]1c1nc(C)no1. The van der Waals surface area contributed by atoms with Crippen LogP contribution >= 0.6 is 0 Å². The minimum atomic E-state index is -3.08. The second-order valence-electron chi connectivity index (χ2n) is 5.00. The summed E-state index contributed by atoms with van der Waals surface area (Å²) in [4.78, 5) is 17.9. The predicted molar refractivity (Wildman–Crippen MR) is 75.4 cm³/mol. The highest BCUT2D eigenvalue weighted by atomic mass is 32.2. The normalized spacial score (nSPS) is 19.0. The highest BCUT2D eigenvalue weighted by Gasteiger charge is 2.33. The molecular weight excluding hydrogens is 296 g/mol. The van der Waals surface area contributed by atoms with E-state index in [4.69, 9.17) is 4.52 Å². The van der Waals surface area contributed by atoms with E-state index in [1.54, 1.807) is 18.7 Å². The number of amides is 2. The molecule has 1 aliphatic heterocycles. The Morgan fingerprint density at radius 3 is 2.90 bits per heavy atom. The van der Waals surface area contributed by atoms with Crippen LogP contribution in [0.15, 0.2) is 4.52 Å². The summed E-state index contributed by atoms with van der Waals surface area (Å²) in [7, 11) is -3.08. The molecule has 1 saturated heterocycles. The van der Waals surface area contributed by atoms with Crippen molar-refractivity contribution < 1.29 is 17.7 Å². The molecule has 2 rings (SSSR count). The number of nitrogens with one attached hydrogen (secondary N) is 1. The highest BCUT2D eigenvalue weighted by molar-refractivity contribution is 7.91. The van der Waals surface area contributed by atoms with Crippen LogP contribution in [0.25, 0.3) is 0 Å². The summed E-state index contributed by atoms with van der Waals surface area (Å²) in [5, 5.41) is 6.38. The van der Waals surface area contributed by atoms with Crippen LogP contribution < -0.4 is 5.32 Å². The molecule has 2 amide bonds. The standard InChI is InChI=1S/C12H20N4O4S/c1-3-21(18,19)8-6-13-12(17)16-7-4-5-10(16)11-14-9(2)15-20-11/h10H,3-8H2,1-2H3,(H,13,17)/t10-/m0/s1. The number of hydrogen-bond donors (Lipinski definition) is 1. The Hall–Kier alpha value is -1.64. The molecule has 1 aliphatic rings.